The molecular formula is C12H13Br2N3OS. The van der Waals surface area contributed by atoms with Crippen molar-refractivity contribution in [2.45, 2.75) is 6.54 Å². The van der Waals surface area contributed by atoms with Gasteiger partial charge in [0, 0.05) is 17.5 Å². The lowest BCUT2D eigenvalue weighted by Gasteiger charge is -2.11. The maximum absolute atomic E-state index is 12.5. The summed E-state index contributed by atoms with van der Waals surface area (Å²) in [5.41, 5.74) is 1.29. The van der Waals surface area contributed by atoms with Crippen LogP contribution in [0.5, 0.6) is 0 Å². The van der Waals surface area contributed by atoms with Crippen molar-refractivity contribution in [3.8, 4) is 0 Å². The maximum Gasteiger partial charge on any atom is 0.213 e. The largest absolute Gasteiger partial charge is 0.308 e. The van der Waals surface area contributed by atoms with Gasteiger partial charge in [-0.3, -0.25) is 9.48 Å². The van der Waals surface area contributed by atoms with E-state index in [-0.39, 0.29) is 5.78 Å². The summed E-state index contributed by atoms with van der Waals surface area (Å²) in [7, 11) is 3.99. The minimum atomic E-state index is -0.00918. The Kier molecular flexibility index (Phi) is 4.94. The highest BCUT2D eigenvalue weighted by Crippen LogP contribution is 2.25. The SMILES string of the molecule is CN(C)CCn1ncc(Br)c1C(=O)c1csc(Br)c1. The number of nitrogens with zero attached hydrogens (tertiary/aromatic N) is 3. The van der Waals surface area contributed by atoms with Crippen molar-refractivity contribution in [2.24, 2.45) is 0 Å². The Hall–Kier alpha value is -0.500. The molecule has 102 valence electrons. The van der Waals surface area contributed by atoms with Gasteiger partial charge in [0.05, 0.1) is 21.0 Å². The third-order valence-corrected chi connectivity index (χ3v) is 4.68. The predicted octanol–water partition coefficient (Wildman–Crippen LogP) is 3.26. The summed E-state index contributed by atoms with van der Waals surface area (Å²) < 4.78 is 3.43. The summed E-state index contributed by atoms with van der Waals surface area (Å²) in [5.74, 6) is -0.00918. The van der Waals surface area contributed by atoms with Crippen LogP contribution in [0.1, 0.15) is 16.1 Å². The van der Waals surface area contributed by atoms with Crippen LogP contribution in [0.2, 0.25) is 0 Å². The average molecular weight is 407 g/mol. The first-order chi connectivity index (χ1) is 8.99. The number of carbonyl (C=O) groups is 1. The summed E-state index contributed by atoms with van der Waals surface area (Å²) in [6.07, 6.45) is 1.67. The molecule has 0 spiro atoms. The molecule has 0 fully saturated rings. The molecule has 0 bridgehead atoms. The van der Waals surface area contributed by atoms with Gasteiger partial charge >= 0.3 is 0 Å². The van der Waals surface area contributed by atoms with E-state index in [1.54, 1.807) is 10.9 Å². The van der Waals surface area contributed by atoms with E-state index in [1.807, 2.05) is 25.5 Å². The Labute approximate surface area is 132 Å². The molecule has 0 amide bonds. The van der Waals surface area contributed by atoms with Gasteiger partial charge in [-0.2, -0.15) is 5.10 Å². The zero-order chi connectivity index (χ0) is 14.0. The van der Waals surface area contributed by atoms with Crippen molar-refractivity contribution < 1.29 is 4.79 Å². The smallest absolute Gasteiger partial charge is 0.213 e. The Morgan fingerprint density at radius 3 is 2.79 bits per heavy atom. The number of hydrogen-bond acceptors (Lipinski definition) is 4. The summed E-state index contributed by atoms with van der Waals surface area (Å²) in [6.45, 7) is 1.52. The first kappa shape index (κ1) is 14.9. The van der Waals surface area contributed by atoms with E-state index in [0.29, 0.717) is 17.8 Å². The molecule has 4 nitrogen and oxygen atoms in total. The van der Waals surface area contributed by atoms with E-state index >= 15 is 0 Å². The van der Waals surface area contributed by atoms with Crippen LogP contribution in [0.25, 0.3) is 0 Å². The zero-order valence-corrected chi connectivity index (χ0v) is 14.5. The van der Waals surface area contributed by atoms with Gasteiger partial charge < -0.3 is 4.90 Å². The van der Waals surface area contributed by atoms with E-state index in [0.717, 1.165) is 14.8 Å². The quantitative estimate of drug-likeness (QED) is 0.715. The van der Waals surface area contributed by atoms with Gasteiger partial charge in [-0.1, -0.05) is 0 Å². The van der Waals surface area contributed by atoms with Gasteiger partial charge in [-0.05, 0) is 52.0 Å². The lowest BCUT2D eigenvalue weighted by Crippen LogP contribution is -2.21. The third kappa shape index (κ3) is 3.53. The average Bonchev–Trinajstić information content (AvgIpc) is 2.92. The Morgan fingerprint density at radius 2 is 2.21 bits per heavy atom. The van der Waals surface area contributed by atoms with E-state index < -0.39 is 0 Å². The summed E-state index contributed by atoms with van der Waals surface area (Å²) >= 11 is 8.28. The molecule has 2 heterocycles. The molecule has 0 aliphatic heterocycles. The number of aromatic nitrogens is 2. The van der Waals surface area contributed by atoms with Crippen molar-refractivity contribution in [1.29, 1.82) is 0 Å². The normalized spacial score (nSPS) is 11.2. The number of rotatable bonds is 5. The van der Waals surface area contributed by atoms with Crippen molar-refractivity contribution in [1.82, 2.24) is 14.7 Å². The molecule has 19 heavy (non-hydrogen) atoms. The van der Waals surface area contributed by atoms with Crippen LogP contribution >= 0.6 is 43.2 Å². The topological polar surface area (TPSA) is 38.1 Å². The molecule has 0 saturated heterocycles. The molecule has 2 rings (SSSR count). The molecular weight excluding hydrogens is 394 g/mol. The third-order valence-electron chi connectivity index (χ3n) is 2.60. The van der Waals surface area contributed by atoms with E-state index in [2.05, 4.69) is 41.9 Å². The zero-order valence-electron chi connectivity index (χ0n) is 10.6. The van der Waals surface area contributed by atoms with Gasteiger partial charge in [0.1, 0.15) is 5.69 Å². The molecule has 0 N–H and O–H groups in total. The second-order valence-electron chi connectivity index (χ2n) is 4.34. The predicted molar refractivity (Wildman–Crippen MR) is 83.9 cm³/mol. The highest BCUT2D eigenvalue weighted by Gasteiger charge is 2.19. The van der Waals surface area contributed by atoms with Crippen LogP contribution in [-0.2, 0) is 6.54 Å². The van der Waals surface area contributed by atoms with Crippen LogP contribution in [0, 0.1) is 0 Å². The second kappa shape index (κ2) is 6.30. The fourth-order valence-corrected chi connectivity index (χ4v) is 3.23. The lowest BCUT2D eigenvalue weighted by atomic mass is 10.1. The first-order valence-corrected chi connectivity index (χ1v) is 8.10. The highest BCUT2D eigenvalue weighted by molar-refractivity contribution is 9.11. The number of halogens is 2. The number of ketones is 1. The molecule has 2 aromatic heterocycles. The van der Waals surface area contributed by atoms with Crippen molar-refractivity contribution >= 4 is 49.0 Å². The number of thiophene rings is 1. The molecule has 0 atom stereocenters. The fraction of sp³-hybridized carbons (Fsp3) is 0.333. The minimum Gasteiger partial charge on any atom is -0.308 e. The van der Waals surface area contributed by atoms with Crippen molar-refractivity contribution in [3.05, 3.63) is 37.2 Å². The fourth-order valence-electron chi connectivity index (χ4n) is 1.62. The lowest BCUT2D eigenvalue weighted by molar-refractivity contribution is 0.102. The number of carbonyl (C=O) groups excluding carboxylic acids is 1. The highest BCUT2D eigenvalue weighted by atomic mass is 79.9. The summed E-state index contributed by atoms with van der Waals surface area (Å²) in [5, 5.41) is 6.10. The standard InChI is InChI=1S/C12H13Br2N3OS/c1-16(2)3-4-17-11(9(13)6-15-17)12(18)8-5-10(14)19-7-8/h5-7H,3-4H2,1-2H3. The van der Waals surface area contributed by atoms with E-state index in [9.17, 15) is 4.79 Å². The van der Waals surface area contributed by atoms with E-state index in [4.69, 9.17) is 0 Å². The van der Waals surface area contributed by atoms with Crippen molar-refractivity contribution in [2.75, 3.05) is 20.6 Å². The Bertz CT molecular complexity index is 592. The summed E-state index contributed by atoms with van der Waals surface area (Å²) in [6, 6.07) is 1.84. The Morgan fingerprint density at radius 1 is 1.47 bits per heavy atom. The second-order valence-corrected chi connectivity index (χ2v) is 7.48. The molecule has 0 radical (unpaired) electrons. The first-order valence-electron chi connectivity index (χ1n) is 5.64. The van der Waals surface area contributed by atoms with Crippen LogP contribution in [0.15, 0.2) is 25.9 Å². The number of hydrogen-bond donors (Lipinski definition) is 0. The van der Waals surface area contributed by atoms with Crippen LogP contribution in [0.4, 0.5) is 0 Å². The monoisotopic (exact) mass is 405 g/mol. The van der Waals surface area contributed by atoms with Gasteiger partial charge in [0.25, 0.3) is 0 Å². The van der Waals surface area contributed by atoms with Gasteiger partial charge in [-0.25, -0.2) is 0 Å². The molecule has 0 aliphatic rings. The minimum absolute atomic E-state index is 0.00918. The molecule has 0 aromatic carbocycles. The Balaban J connectivity index is 2.28. The molecule has 2 aromatic rings. The van der Waals surface area contributed by atoms with Crippen molar-refractivity contribution in [3.63, 3.8) is 0 Å². The molecule has 0 saturated carbocycles. The molecule has 7 heteroatoms. The van der Waals surface area contributed by atoms with Crippen LogP contribution in [0.3, 0.4) is 0 Å². The van der Waals surface area contributed by atoms with Crippen LogP contribution in [-0.4, -0.2) is 41.1 Å². The molecule has 0 unspecified atom stereocenters. The maximum atomic E-state index is 12.5. The van der Waals surface area contributed by atoms with Gasteiger partial charge in [0.2, 0.25) is 5.78 Å². The molecule has 0 aliphatic carbocycles. The summed E-state index contributed by atoms with van der Waals surface area (Å²) in [4.78, 5) is 14.5. The van der Waals surface area contributed by atoms with Crippen LogP contribution < -0.4 is 0 Å². The van der Waals surface area contributed by atoms with Gasteiger partial charge in [-0.15, -0.1) is 11.3 Å². The van der Waals surface area contributed by atoms with Gasteiger partial charge in [0.15, 0.2) is 0 Å². The number of likely N-dealkylation sites (N-methyl/N-ethyl adjacent to an activating group) is 1. The van der Waals surface area contributed by atoms with E-state index in [1.165, 1.54) is 11.3 Å².